The van der Waals surface area contributed by atoms with Gasteiger partial charge in [0.2, 0.25) is 11.6 Å². The monoisotopic (exact) mass is 451 g/mol. The number of ether oxygens (including phenoxy) is 2. The van der Waals surface area contributed by atoms with Crippen LogP contribution in [0.2, 0.25) is 0 Å². The summed E-state index contributed by atoms with van der Waals surface area (Å²) in [6, 6.07) is 9.71. The molecule has 11 nitrogen and oxygen atoms in total. The Hall–Kier alpha value is -4.54. The first kappa shape index (κ1) is 23.1. The van der Waals surface area contributed by atoms with E-state index in [1.165, 1.54) is 32.4 Å². The third-order valence-electron chi connectivity index (χ3n) is 4.69. The van der Waals surface area contributed by atoms with Crippen LogP contribution in [0.25, 0.3) is 0 Å². The number of hydrogen-bond acceptors (Lipinski definition) is 10. The molecular weight excluding hydrogens is 430 g/mol. The number of nitrogens with zero attached hydrogens (tertiary/aromatic N) is 3. The lowest BCUT2D eigenvalue weighted by atomic mass is 10.1. The molecule has 3 aromatic rings. The standard InChI is InChI=1S/C22H21N5O6/c1-12-5-6-13(2)17(7-12)26-20-18(27(30)31)19(23-11-24-20)25-16-9-14(21(28)32-3)8-15(10-16)22(29)33-4/h5-11H,1-4H3,(H2,23,24,25,26). The van der Waals surface area contributed by atoms with Gasteiger partial charge in [0.15, 0.2) is 0 Å². The lowest BCUT2D eigenvalue weighted by Crippen LogP contribution is -2.09. The summed E-state index contributed by atoms with van der Waals surface area (Å²) >= 11 is 0. The van der Waals surface area contributed by atoms with Crippen LogP contribution in [0.5, 0.6) is 0 Å². The van der Waals surface area contributed by atoms with Gasteiger partial charge in [0, 0.05) is 11.4 Å². The van der Waals surface area contributed by atoms with Crippen molar-refractivity contribution >= 4 is 40.6 Å². The maximum Gasteiger partial charge on any atom is 0.353 e. The molecule has 2 aromatic carbocycles. The molecule has 0 saturated carbocycles. The van der Waals surface area contributed by atoms with Crippen LogP contribution in [0.4, 0.5) is 28.7 Å². The second-order valence-electron chi connectivity index (χ2n) is 7.03. The molecule has 0 amide bonds. The van der Waals surface area contributed by atoms with Crippen molar-refractivity contribution in [1.82, 2.24) is 9.97 Å². The van der Waals surface area contributed by atoms with E-state index in [4.69, 9.17) is 9.47 Å². The van der Waals surface area contributed by atoms with Crippen LogP contribution in [0.1, 0.15) is 31.8 Å². The maximum atomic E-state index is 12.0. The molecule has 0 atom stereocenters. The quantitative estimate of drug-likeness (QED) is 0.306. The zero-order valence-electron chi connectivity index (χ0n) is 18.3. The zero-order valence-corrected chi connectivity index (χ0v) is 18.3. The van der Waals surface area contributed by atoms with E-state index in [9.17, 15) is 19.7 Å². The highest BCUT2D eigenvalue weighted by Gasteiger charge is 2.24. The Labute approximate surface area is 188 Å². The second kappa shape index (κ2) is 9.73. The topological polar surface area (TPSA) is 146 Å². The number of hydrogen-bond donors (Lipinski definition) is 2. The number of aryl methyl sites for hydroxylation is 2. The van der Waals surface area contributed by atoms with Crippen molar-refractivity contribution < 1.29 is 24.0 Å². The average molecular weight is 451 g/mol. The number of nitro groups is 1. The van der Waals surface area contributed by atoms with E-state index in [0.29, 0.717) is 5.69 Å². The molecule has 0 aliphatic heterocycles. The van der Waals surface area contributed by atoms with Crippen molar-refractivity contribution in [2.24, 2.45) is 0 Å². The zero-order chi connectivity index (χ0) is 24.1. The molecule has 0 saturated heterocycles. The number of anilines is 4. The van der Waals surface area contributed by atoms with Crippen LogP contribution >= 0.6 is 0 Å². The van der Waals surface area contributed by atoms with E-state index in [0.717, 1.165) is 17.5 Å². The molecule has 33 heavy (non-hydrogen) atoms. The predicted octanol–water partition coefficient (Wildman–Crippen LogP) is 4.06. The fourth-order valence-corrected chi connectivity index (χ4v) is 3.04. The first-order valence-electron chi connectivity index (χ1n) is 9.66. The maximum absolute atomic E-state index is 12.0. The van der Waals surface area contributed by atoms with Gasteiger partial charge in [-0.05, 0) is 49.2 Å². The Kier molecular flexibility index (Phi) is 6.82. The molecule has 170 valence electrons. The number of esters is 2. The van der Waals surface area contributed by atoms with Gasteiger partial charge in [0.25, 0.3) is 0 Å². The number of carbonyl (C=O) groups is 2. The fraction of sp³-hybridized carbons (Fsp3) is 0.182. The summed E-state index contributed by atoms with van der Waals surface area (Å²) in [5.41, 5.74) is 2.37. The molecule has 3 rings (SSSR count). The van der Waals surface area contributed by atoms with Crippen molar-refractivity contribution in [2.75, 3.05) is 24.9 Å². The molecule has 11 heteroatoms. The summed E-state index contributed by atoms with van der Waals surface area (Å²) in [6.45, 7) is 3.76. The molecule has 0 unspecified atom stereocenters. The van der Waals surface area contributed by atoms with E-state index in [1.807, 2.05) is 32.0 Å². The molecule has 0 bridgehead atoms. The Bertz CT molecular complexity index is 1210. The minimum Gasteiger partial charge on any atom is -0.465 e. The van der Waals surface area contributed by atoms with Gasteiger partial charge < -0.3 is 20.1 Å². The van der Waals surface area contributed by atoms with Crippen molar-refractivity contribution in [3.63, 3.8) is 0 Å². The fourth-order valence-electron chi connectivity index (χ4n) is 3.04. The van der Waals surface area contributed by atoms with Crippen LogP contribution in [0.15, 0.2) is 42.7 Å². The van der Waals surface area contributed by atoms with Gasteiger partial charge >= 0.3 is 17.6 Å². The second-order valence-corrected chi connectivity index (χ2v) is 7.03. The van der Waals surface area contributed by atoms with Crippen LogP contribution in [0.3, 0.4) is 0 Å². The highest BCUT2D eigenvalue weighted by Crippen LogP contribution is 2.34. The van der Waals surface area contributed by atoms with E-state index in [1.54, 1.807) is 0 Å². The summed E-state index contributed by atoms with van der Waals surface area (Å²) in [7, 11) is 2.39. The molecule has 1 aromatic heterocycles. The van der Waals surface area contributed by atoms with E-state index < -0.39 is 22.5 Å². The minimum atomic E-state index is -0.696. The lowest BCUT2D eigenvalue weighted by molar-refractivity contribution is -0.383. The summed E-state index contributed by atoms with van der Waals surface area (Å²) in [5, 5.41) is 17.7. The molecule has 0 aliphatic carbocycles. The van der Waals surface area contributed by atoms with E-state index >= 15 is 0 Å². The van der Waals surface area contributed by atoms with Crippen molar-refractivity contribution in [2.45, 2.75) is 13.8 Å². The van der Waals surface area contributed by atoms with Gasteiger partial charge in [0.1, 0.15) is 6.33 Å². The number of aromatic nitrogens is 2. The summed E-state index contributed by atoms with van der Waals surface area (Å²) in [6.07, 6.45) is 1.16. The molecule has 0 spiro atoms. The van der Waals surface area contributed by atoms with Gasteiger partial charge in [-0.15, -0.1) is 0 Å². The number of benzene rings is 2. The Morgan fingerprint density at radius 3 is 2.03 bits per heavy atom. The lowest BCUT2D eigenvalue weighted by Gasteiger charge is -2.13. The molecular formula is C22H21N5O6. The molecule has 0 fully saturated rings. The van der Waals surface area contributed by atoms with Crippen molar-refractivity contribution in [1.29, 1.82) is 0 Å². The number of nitrogens with one attached hydrogen (secondary N) is 2. The molecule has 0 radical (unpaired) electrons. The highest BCUT2D eigenvalue weighted by atomic mass is 16.6. The van der Waals surface area contributed by atoms with Crippen LogP contribution in [0, 0.1) is 24.0 Å². The number of carbonyl (C=O) groups excluding carboxylic acids is 2. The number of methoxy groups -OCH3 is 2. The van der Waals surface area contributed by atoms with E-state index in [-0.39, 0.29) is 28.5 Å². The molecule has 0 aliphatic rings. The number of rotatable bonds is 7. The highest BCUT2D eigenvalue weighted by molar-refractivity contribution is 5.97. The molecule has 2 N–H and O–H groups in total. The van der Waals surface area contributed by atoms with E-state index in [2.05, 4.69) is 20.6 Å². The van der Waals surface area contributed by atoms with Gasteiger partial charge in [-0.2, -0.15) is 0 Å². The Morgan fingerprint density at radius 2 is 1.48 bits per heavy atom. The average Bonchev–Trinajstić information content (AvgIpc) is 2.80. The summed E-state index contributed by atoms with van der Waals surface area (Å²) < 4.78 is 9.43. The van der Waals surface area contributed by atoms with Gasteiger partial charge in [-0.25, -0.2) is 19.6 Å². The van der Waals surface area contributed by atoms with Gasteiger partial charge in [-0.3, -0.25) is 10.1 Å². The van der Waals surface area contributed by atoms with Crippen LogP contribution < -0.4 is 10.6 Å². The van der Waals surface area contributed by atoms with Crippen LogP contribution in [-0.4, -0.2) is 41.0 Å². The van der Waals surface area contributed by atoms with Crippen molar-refractivity contribution in [3.8, 4) is 0 Å². The first-order valence-corrected chi connectivity index (χ1v) is 9.66. The van der Waals surface area contributed by atoms with Gasteiger partial charge in [-0.1, -0.05) is 12.1 Å². The third-order valence-corrected chi connectivity index (χ3v) is 4.69. The summed E-state index contributed by atoms with van der Waals surface area (Å²) in [4.78, 5) is 43.4. The van der Waals surface area contributed by atoms with Gasteiger partial charge in [0.05, 0.1) is 30.3 Å². The third kappa shape index (κ3) is 5.21. The predicted molar refractivity (Wildman–Crippen MR) is 120 cm³/mol. The van der Waals surface area contributed by atoms with Crippen molar-refractivity contribution in [3.05, 3.63) is 75.1 Å². The minimum absolute atomic E-state index is 0.0245. The SMILES string of the molecule is COC(=O)c1cc(Nc2ncnc(Nc3cc(C)ccc3C)c2[N+](=O)[O-])cc(C(=O)OC)c1. The normalized spacial score (nSPS) is 10.3. The Balaban J connectivity index is 2.06. The molecule has 1 heterocycles. The Morgan fingerprint density at radius 1 is 0.909 bits per heavy atom. The summed E-state index contributed by atoms with van der Waals surface area (Å²) in [5.74, 6) is -1.55. The van der Waals surface area contributed by atoms with Crippen LogP contribution in [-0.2, 0) is 9.47 Å². The smallest absolute Gasteiger partial charge is 0.353 e. The largest absolute Gasteiger partial charge is 0.465 e. The first-order chi connectivity index (χ1) is 15.7.